The molecular weight excluding hydrogens is 492 g/mol. The minimum atomic E-state index is 0.815. The fourth-order valence-corrected chi connectivity index (χ4v) is 4.95. The van der Waals surface area contributed by atoms with E-state index < -0.39 is 0 Å². The van der Waals surface area contributed by atoms with E-state index >= 15 is 0 Å². The van der Waals surface area contributed by atoms with Crippen LogP contribution < -0.4 is 15.0 Å². The Balaban J connectivity index is 1.19. The van der Waals surface area contributed by atoms with Crippen molar-refractivity contribution in [2.75, 3.05) is 17.3 Å². The molecule has 6 rings (SSSR count). The number of anilines is 5. The first kappa shape index (κ1) is 25.1. The van der Waals surface area contributed by atoms with E-state index in [1.165, 1.54) is 11.1 Å². The molecule has 2 aromatic heterocycles. The molecule has 1 N–H and O–H groups in total. The molecule has 0 radical (unpaired) electrons. The SMILES string of the molecule is COc1ccc2nc(C)cc(Nc3ccc(Cc4ccc(N(c5ccccc5)c5ccncc5)cc4)cc3)c2c1. The third kappa shape index (κ3) is 5.49. The molecule has 2 heterocycles. The molecule has 5 heteroatoms. The third-order valence-corrected chi connectivity index (χ3v) is 6.91. The zero-order valence-electron chi connectivity index (χ0n) is 22.6. The second-order valence-corrected chi connectivity index (χ2v) is 9.74. The minimum Gasteiger partial charge on any atom is -0.497 e. The number of pyridine rings is 2. The van der Waals surface area contributed by atoms with Gasteiger partial charge in [-0.25, -0.2) is 0 Å². The Labute approximate surface area is 234 Å². The molecule has 0 bridgehead atoms. The Morgan fingerprint density at radius 3 is 2.05 bits per heavy atom. The molecule has 196 valence electrons. The lowest BCUT2D eigenvalue weighted by Crippen LogP contribution is -2.09. The van der Waals surface area contributed by atoms with E-state index in [9.17, 15) is 0 Å². The molecule has 0 atom stereocenters. The highest BCUT2D eigenvalue weighted by molar-refractivity contribution is 5.94. The lowest BCUT2D eigenvalue weighted by Gasteiger charge is -2.25. The van der Waals surface area contributed by atoms with Gasteiger partial charge in [0.2, 0.25) is 0 Å². The number of fused-ring (bicyclic) bond motifs is 1. The molecule has 0 aliphatic heterocycles. The smallest absolute Gasteiger partial charge is 0.119 e. The van der Waals surface area contributed by atoms with E-state index in [4.69, 9.17) is 4.74 Å². The fourth-order valence-electron chi connectivity index (χ4n) is 4.95. The third-order valence-electron chi connectivity index (χ3n) is 6.91. The van der Waals surface area contributed by atoms with Crippen molar-refractivity contribution < 1.29 is 4.74 Å². The van der Waals surface area contributed by atoms with Crippen molar-refractivity contribution in [2.45, 2.75) is 13.3 Å². The summed E-state index contributed by atoms with van der Waals surface area (Å²) in [5.41, 5.74) is 9.77. The highest BCUT2D eigenvalue weighted by Crippen LogP contribution is 2.34. The first-order valence-electron chi connectivity index (χ1n) is 13.3. The minimum absolute atomic E-state index is 0.815. The van der Waals surface area contributed by atoms with Gasteiger partial charge in [-0.05, 0) is 97.3 Å². The van der Waals surface area contributed by atoms with Crippen LogP contribution in [-0.2, 0) is 6.42 Å². The quantitative estimate of drug-likeness (QED) is 0.217. The Bertz CT molecular complexity index is 1680. The fraction of sp³-hybridized carbons (Fsp3) is 0.0857. The van der Waals surface area contributed by atoms with Gasteiger partial charge in [-0.15, -0.1) is 0 Å². The van der Waals surface area contributed by atoms with Crippen LogP contribution in [-0.4, -0.2) is 17.1 Å². The molecule has 5 nitrogen and oxygen atoms in total. The van der Waals surface area contributed by atoms with Gasteiger partial charge < -0.3 is 15.0 Å². The molecule has 0 unspecified atom stereocenters. The second-order valence-electron chi connectivity index (χ2n) is 9.74. The summed E-state index contributed by atoms with van der Waals surface area (Å²) in [4.78, 5) is 11.1. The molecule has 0 spiro atoms. The van der Waals surface area contributed by atoms with Crippen molar-refractivity contribution in [1.29, 1.82) is 0 Å². The molecule has 0 aliphatic rings. The summed E-state index contributed by atoms with van der Waals surface area (Å²) >= 11 is 0. The van der Waals surface area contributed by atoms with Crippen LogP contribution in [0.25, 0.3) is 10.9 Å². The molecular formula is C35H30N4O. The van der Waals surface area contributed by atoms with Crippen LogP contribution in [0.2, 0.25) is 0 Å². The van der Waals surface area contributed by atoms with Crippen LogP contribution in [0.4, 0.5) is 28.4 Å². The van der Waals surface area contributed by atoms with E-state index in [0.717, 1.165) is 57.2 Å². The van der Waals surface area contributed by atoms with E-state index in [1.807, 2.05) is 55.7 Å². The normalized spacial score (nSPS) is 10.8. The summed E-state index contributed by atoms with van der Waals surface area (Å²) in [5.74, 6) is 0.815. The zero-order chi connectivity index (χ0) is 27.3. The van der Waals surface area contributed by atoms with Crippen molar-refractivity contribution in [2.24, 2.45) is 0 Å². The van der Waals surface area contributed by atoms with Gasteiger partial charge in [-0.1, -0.05) is 42.5 Å². The lowest BCUT2D eigenvalue weighted by molar-refractivity contribution is 0.415. The predicted octanol–water partition coefficient (Wildman–Crippen LogP) is 8.75. The van der Waals surface area contributed by atoms with Crippen LogP contribution in [0.1, 0.15) is 16.8 Å². The maximum atomic E-state index is 5.43. The lowest BCUT2D eigenvalue weighted by atomic mass is 10.0. The standard InChI is InChI=1S/C35H30N4O/c1-25-22-35(33-24-32(40-2)16-17-34(33)37-25)38-28-12-8-26(9-13-28)23-27-10-14-30(15-11-27)39(29-6-4-3-5-7-29)31-18-20-36-21-19-31/h3-22,24H,23H2,1-2H3,(H,37,38). The topological polar surface area (TPSA) is 50.3 Å². The molecule has 0 fully saturated rings. The molecule has 0 amide bonds. The molecule has 0 saturated carbocycles. The van der Waals surface area contributed by atoms with Gasteiger partial charge in [0.1, 0.15) is 5.75 Å². The largest absolute Gasteiger partial charge is 0.497 e. The number of methoxy groups -OCH3 is 1. The van der Waals surface area contributed by atoms with Crippen molar-refractivity contribution in [3.8, 4) is 5.75 Å². The average Bonchev–Trinajstić information content (AvgIpc) is 3.00. The second kappa shape index (κ2) is 11.3. The number of hydrogen-bond acceptors (Lipinski definition) is 5. The number of rotatable bonds is 8. The number of aromatic nitrogens is 2. The van der Waals surface area contributed by atoms with E-state index in [2.05, 4.69) is 99.0 Å². The van der Waals surface area contributed by atoms with Gasteiger partial charge in [0.05, 0.1) is 12.6 Å². The Morgan fingerprint density at radius 1 is 0.700 bits per heavy atom. The van der Waals surface area contributed by atoms with Crippen LogP contribution >= 0.6 is 0 Å². The van der Waals surface area contributed by atoms with Gasteiger partial charge in [-0.2, -0.15) is 0 Å². The summed E-state index contributed by atoms with van der Waals surface area (Å²) in [7, 11) is 1.68. The Hall–Kier alpha value is -5.16. The van der Waals surface area contributed by atoms with Crippen molar-refractivity contribution in [1.82, 2.24) is 9.97 Å². The summed E-state index contributed by atoms with van der Waals surface area (Å²) in [5, 5.41) is 4.61. The van der Waals surface area contributed by atoms with Gasteiger partial charge >= 0.3 is 0 Å². The van der Waals surface area contributed by atoms with E-state index in [0.29, 0.717) is 0 Å². The monoisotopic (exact) mass is 522 g/mol. The maximum absolute atomic E-state index is 5.43. The van der Waals surface area contributed by atoms with E-state index in [-0.39, 0.29) is 0 Å². The number of para-hydroxylation sites is 1. The van der Waals surface area contributed by atoms with Gasteiger partial charge in [-0.3, -0.25) is 9.97 Å². The number of aryl methyl sites for hydroxylation is 1. The molecule has 40 heavy (non-hydrogen) atoms. The van der Waals surface area contributed by atoms with Crippen molar-refractivity contribution in [3.63, 3.8) is 0 Å². The van der Waals surface area contributed by atoms with Crippen molar-refractivity contribution in [3.05, 3.63) is 144 Å². The first-order chi connectivity index (χ1) is 19.7. The van der Waals surface area contributed by atoms with Crippen LogP contribution in [0, 0.1) is 6.92 Å². The Kier molecular flexibility index (Phi) is 7.10. The molecule has 4 aromatic carbocycles. The Morgan fingerprint density at radius 2 is 1.35 bits per heavy atom. The highest BCUT2D eigenvalue weighted by atomic mass is 16.5. The van der Waals surface area contributed by atoms with Crippen LogP contribution in [0.5, 0.6) is 5.75 Å². The molecule has 0 aliphatic carbocycles. The number of ether oxygens (including phenoxy) is 1. The molecule has 6 aromatic rings. The number of benzene rings is 4. The predicted molar refractivity (Wildman–Crippen MR) is 164 cm³/mol. The average molecular weight is 523 g/mol. The van der Waals surface area contributed by atoms with Crippen LogP contribution in [0.15, 0.2) is 128 Å². The van der Waals surface area contributed by atoms with Gasteiger partial charge in [0.15, 0.2) is 0 Å². The number of nitrogens with zero attached hydrogens (tertiary/aromatic N) is 3. The number of hydrogen-bond donors (Lipinski definition) is 1. The summed E-state index contributed by atoms with van der Waals surface area (Å²) in [6.07, 6.45) is 4.51. The van der Waals surface area contributed by atoms with Crippen LogP contribution in [0.3, 0.4) is 0 Å². The highest BCUT2D eigenvalue weighted by Gasteiger charge is 2.12. The van der Waals surface area contributed by atoms with Gasteiger partial charge in [0, 0.05) is 51.9 Å². The summed E-state index contributed by atoms with van der Waals surface area (Å²) in [6, 6.07) is 39.9. The van der Waals surface area contributed by atoms with Crippen molar-refractivity contribution >= 4 is 39.3 Å². The zero-order valence-corrected chi connectivity index (χ0v) is 22.6. The maximum Gasteiger partial charge on any atom is 0.119 e. The molecule has 0 saturated heterocycles. The van der Waals surface area contributed by atoms with E-state index in [1.54, 1.807) is 7.11 Å². The number of nitrogens with one attached hydrogen (secondary N) is 1. The summed E-state index contributed by atoms with van der Waals surface area (Å²) < 4.78 is 5.43. The summed E-state index contributed by atoms with van der Waals surface area (Å²) in [6.45, 7) is 2.01. The first-order valence-corrected chi connectivity index (χ1v) is 13.3. The van der Waals surface area contributed by atoms with Gasteiger partial charge in [0.25, 0.3) is 0 Å².